The fourth-order valence-corrected chi connectivity index (χ4v) is 5.56. The molecule has 0 radical (unpaired) electrons. The number of ether oxygens (including phenoxy) is 4. The van der Waals surface area contributed by atoms with E-state index in [2.05, 4.69) is 0 Å². The highest BCUT2D eigenvalue weighted by atomic mass is 19.1. The van der Waals surface area contributed by atoms with E-state index in [1.807, 2.05) is 0 Å². The fraction of sp³-hybridized carbons (Fsp3) is 0.531. The van der Waals surface area contributed by atoms with Crippen LogP contribution in [0.1, 0.15) is 74.4 Å². The number of amides is 1. The molecule has 0 aliphatic carbocycles. The maximum Gasteiger partial charge on any atom is 0.410 e. The number of Topliss-reactive ketones (excluding diaryl/α,β-unsaturated/α-hetero) is 1. The highest BCUT2D eigenvalue weighted by Crippen LogP contribution is 2.42. The fourth-order valence-electron chi connectivity index (χ4n) is 5.56. The normalized spacial score (nSPS) is 23.0. The summed E-state index contributed by atoms with van der Waals surface area (Å²) >= 11 is 0. The van der Waals surface area contributed by atoms with Gasteiger partial charge in [0.15, 0.2) is 12.1 Å². The van der Waals surface area contributed by atoms with Crippen LogP contribution in [0.2, 0.25) is 0 Å². The number of nitrogens with zero attached hydrogens (tertiary/aromatic N) is 1. The molecule has 0 aromatic heterocycles. The number of hydrogen-bond donors (Lipinski definition) is 0. The number of likely N-dealkylation sites (tertiary alicyclic amines) is 1. The summed E-state index contributed by atoms with van der Waals surface area (Å²) in [6.07, 6.45) is 1.72. The Bertz CT molecular complexity index is 1250. The Morgan fingerprint density at radius 2 is 1.78 bits per heavy atom. The Labute approximate surface area is 241 Å². The molecule has 2 aromatic carbocycles. The molecule has 9 heteroatoms. The van der Waals surface area contributed by atoms with Crippen LogP contribution in [0.15, 0.2) is 42.5 Å². The van der Waals surface area contributed by atoms with E-state index >= 15 is 0 Å². The van der Waals surface area contributed by atoms with E-state index in [4.69, 9.17) is 18.9 Å². The Kier molecular flexibility index (Phi) is 9.68. The minimum absolute atomic E-state index is 0.0128. The van der Waals surface area contributed by atoms with Gasteiger partial charge in [-0.25, -0.2) is 9.18 Å². The van der Waals surface area contributed by atoms with Gasteiger partial charge < -0.3 is 23.8 Å². The molecule has 2 aliphatic heterocycles. The van der Waals surface area contributed by atoms with Crippen LogP contribution in [0, 0.1) is 24.6 Å². The molecule has 8 nitrogen and oxygen atoms in total. The molecule has 41 heavy (non-hydrogen) atoms. The molecule has 2 aliphatic rings. The third-order valence-corrected chi connectivity index (χ3v) is 7.47. The quantitative estimate of drug-likeness (QED) is 0.296. The highest BCUT2D eigenvalue weighted by Gasteiger charge is 2.48. The lowest BCUT2D eigenvalue weighted by atomic mass is 9.70. The first-order chi connectivity index (χ1) is 19.5. The van der Waals surface area contributed by atoms with Gasteiger partial charge in [0.25, 0.3) is 0 Å². The molecule has 0 spiro atoms. The van der Waals surface area contributed by atoms with Crippen molar-refractivity contribution in [1.82, 2.24) is 4.90 Å². The first-order valence-electron chi connectivity index (χ1n) is 14.3. The summed E-state index contributed by atoms with van der Waals surface area (Å²) in [5, 5.41) is 0. The van der Waals surface area contributed by atoms with Crippen molar-refractivity contribution in [2.45, 2.75) is 71.7 Å². The first-order valence-corrected chi connectivity index (χ1v) is 14.3. The van der Waals surface area contributed by atoms with Gasteiger partial charge in [-0.1, -0.05) is 24.3 Å². The highest BCUT2D eigenvalue weighted by molar-refractivity contribution is 6.00. The van der Waals surface area contributed by atoms with Gasteiger partial charge in [-0.2, -0.15) is 0 Å². The Morgan fingerprint density at radius 1 is 1.05 bits per heavy atom. The molecule has 2 fully saturated rings. The summed E-state index contributed by atoms with van der Waals surface area (Å²) in [5.41, 5.74) is 0.463. The largest absolute Gasteiger partial charge is 0.466 e. The lowest BCUT2D eigenvalue weighted by Crippen LogP contribution is -2.53. The third kappa shape index (κ3) is 7.44. The van der Waals surface area contributed by atoms with Crippen molar-refractivity contribution in [2.24, 2.45) is 11.8 Å². The van der Waals surface area contributed by atoms with Crippen LogP contribution in [0.25, 0.3) is 0 Å². The molecule has 222 valence electrons. The number of hydrogen-bond acceptors (Lipinski definition) is 7. The summed E-state index contributed by atoms with van der Waals surface area (Å²) in [4.78, 5) is 42.3. The first kappa shape index (κ1) is 30.5. The molecule has 0 saturated carbocycles. The topological polar surface area (TPSA) is 91.4 Å². The second-order valence-electron chi connectivity index (χ2n) is 11.6. The maximum absolute atomic E-state index is 14.8. The molecular weight excluding hydrogens is 529 g/mol. The van der Waals surface area contributed by atoms with E-state index in [-0.39, 0.29) is 31.8 Å². The predicted octanol–water partition coefficient (Wildman–Crippen LogP) is 6.05. The van der Waals surface area contributed by atoms with Gasteiger partial charge in [-0.15, -0.1) is 0 Å². The number of ketones is 1. The number of piperidine rings is 1. The van der Waals surface area contributed by atoms with Gasteiger partial charge in [0.2, 0.25) is 0 Å². The molecular formula is C32H40FNO7. The van der Waals surface area contributed by atoms with E-state index in [0.29, 0.717) is 29.0 Å². The number of esters is 1. The summed E-state index contributed by atoms with van der Waals surface area (Å²) < 4.78 is 37.5. The predicted molar refractivity (Wildman–Crippen MR) is 150 cm³/mol. The Hall–Kier alpha value is -3.46. The summed E-state index contributed by atoms with van der Waals surface area (Å²) in [7, 11) is 0. The van der Waals surface area contributed by atoms with Gasteiger partial charge >= 0.3 is 12.1 Å². The van der Waals surface area contributed by atoms with Crippen molar-refractivity contribution in [2.75, 3.05) is 26.3 Å². The minimum atomic E-state index is -0.916. The van der Waals surface area contributed by atoms with E-state index in [0.717, 1.165) is 19.3 Å². The van der Waals surface area contributed by atoms with E-state index < -0.39 is 41.2 Å². The molecule has 0 N–H and O–H groups in total. The average Bonchev–Trinajstić information content (AvgIpc) is 2.93. The van der Waals surface area contributed by atoms with Crippen molar-refractivity contribution < 1.29 is 37.7 Å². The van der Waals surface area contributed by atoms with E-state index in [1.54, 1.807) is 71.0 Å². The average molecular weight is 570 g/mol. The van der Waals surface area contributed by atoms with E-state index in [9.17, 15) is 18.8 Å². The standard InChI is InChI=1S/C32H40FNO7/c1-6-38-30(36)25-19-34(31(37)41-32(3,4)5)18-24(28(25)23-13-10-14-26(33)20(23)2)29(35)21-11-9-12-22(17-21)40-27-15-7-8-16-39-27/h9-14,17,24-25,27-28H,6-8,15-16,18-19H2,1-5H3/t24-,25-,27?,28-/m0/s1. The number of halogens is 1. The van der Waals surface area contributed by atoms with Crippen molar-refractivity contribution >= 4 is 17.8 Å². The number of carbonyl (C=O) groups excluding carboxylic acids is 3. The molecule has 2 saturated heterocycles. The van der Waals surface area contributed by atoms with Crippen LogP contribution >= 0.6 is 0 Å². The second-order valence-corrected chi connectivity index (χ2v) is 11.6. The van der Waals surface area contributed by atoms with Gasteiger partial charge in [-0.3, -0.25) is 9.59 Å². The van der Waals surface area contributed by atoms with Crippen LogP contribution in [0.3, 0.4) is 0 Å². The summed E-state index contributed by atoms with van der Waals surface area (Å²) in [5.74, 6) is -3.33. The Balaban J connectivity index is 1.75. The van der Waals surface area contributed by atoms with Crippen LogP contribution in [-0.2, 0) is 19.0 Å². The molecule has 4 rings (SSSR count). The van der Waals surface area contributed by atoms with Crippen LogP contribution in [0.4, 0.5) is 9.18 Å². The maximum atomic E-state index is 14.8. The second kappa shape index (κ2) is 13.0. The number of carbonyl (C=O) groups is 3. The van der Waals surface area contributed by atoms with Gasteiger partial charge in [-0.05, 0) is 76.8 Å². The summed E-state index contributed by atoms with van der Waals surface area (Å²) in [6, 6.07) is 11.5. The third-order valence-electron chi connectivity index (χ3n) is 7.47. The van der Waals surface area contributed by atoms with Crippen molar-refractivity contribution in [3.8, 4) is 5.75 Å². The van der Waals surface area contributed by atoms with Gasteiger partial charge in [0, 0.05) is 36.9 Å². The molecule has 2 heterocycles. The minimum Gasteiger partial charge on any atom is -0.466 e. The van der Waals surface area contributed by atoms with Crippen molar-refractivity contribution in [3.63, 3.8) is 0 Å². The van der Waals surface area contributed by atoms with E-state index in [1.165, 1.54) is 11.0 Å². The number of rotatable bonds is 7. The van der Waals surface area contributed by atoms with Crippen LogP contribution in [-0.4, -0.2) is 60.9 Å². The molecule has 4 atom stereocenters. The summed E-state index contributed by atoms with van der Waals surface area (Å²) in [6.45, 7) is 9.28. The molecule has 1 amide bonds. The molecule has 2 aromatic rings. The van der Waals surface area contributed by atoms with Gasteiger partial charge in [0.1, 0.15) is 17.2 Å². The zero-order valence-electron chi connectivity index (χ0n) is 24.5. The molecule has 1 unspecified atom stereocenters. The Morgan fingerprint density at radius 3 is 2.46 bits per heavy atom. The molecule has 0 bridgehead atoms. The van der Waals surface area contributed by atoms with Crippen LogP contribution < -0.4 is 4.74 Å². The SMILES string of the molecule is CCOC(=O)[C@H]1CN(C(=O)OC(C)(C)C)C[C@H](C(=O)c2cccc(OC3CCCCO3)c2)[C@@H]1c1cccc(F)c1C. The number of benzene rings is 2. The smallest absolute Gasteiger partial charge is 0.410 e. The lowest BCUT2D eigenvalue weighted by Gasteiger charge is -2.43. The lowest BCUT2D eigenvalue weighted by molar-refractivity contribution is -0.151. The van der Waals surface area contributed by atoms with Crippen molar-refractivity contribution in [1.29, 1.82) is 0 Å². The zero-order chi connectivity index (χ0) is 29.7. The monoisotopic (exact) mass is 569 g/mol. The van der Waals surface area contributed by atoms with Crippen LogP contribution in [0.5, 0.6) is 5.75 Å². The van der Waals surface area contributed by atoms with Crippen molar-refractivity contribution in [3.05, 3.63) is 65.0 Å². The van der Waals surface area contributed by atoms with Gasteiger partial charge in [0.05, 0.1) is 19.1 Å². The zero-order valence-corrected chi connectivity index (χ0v) is 24.5.